The minimum Gasteiger partial charge on any atom is -0.461 e. The van der Waals surface area contributed by atoms with Gasteiger partial charge in [0.05, 0.1) is 10.9 Å². The van der Waals surface area contributed by atoms with Gasteiger partial charge in [0.1, 0.15) is 11.3 Å². The number of aryl methyl sites for hydroxylation is 1. The van der Waals surface area contributed by atoms with Crippen LogP contribution in [0.3, 0.4) is 0 Å². The van der Waals surface area contributed by atoms with Gasteiger partial charge < -0.3 is 13.9 Å². The average molecular weight is 260 g/mol. The van der Waals surface area contributed by atoms with E-state index in [-0.39, 0.29) is 5.63 Å². The number of benzene rings is 1. The SMILES string of the molecule is CCOC1(C)Cc2c(c3ccc(C)cc3oc2=O)O1. The molecule has 0 bridgehead atoms. The molecule has 0 radical (unpaired) electrons. The summed E-state index contributed by atoms with van der Waals surface area (Å²) in [4.78, 5) is 12.0. The highest BCUT2D eigenvalue weighted by atomic mass is 16.7. The third-order valence-corrected chi connectivity index (χ3v) is 3.37. The second kappa shape index (κ2) is 4.10. The molecule has 0 aliphatic carbocycles. The van der Waals surface area contributed by atoms with Crippen molar-refractivity contribution in [2.24, 2.45) is 0 Å². The number of ether oxygens (including phenoxy) is 2. The van der Waals surface area contributed by atoms with E-state index in [1.807, 2.05) is 39.0 Å². The quantitative estimate of drug-likeness (QED) is 0.779. The van der Waals surface area contributed by atoms with Crippen LogP contribution in [0.15, 0.2) is 27.4 Å². The van der Waals surface area contributed by atoms with Gasteiger partial charge in [0.15, 0.2) is 0 Å². The zero-order valence-corrected chi connectivity index (χ0v) is 11.3. The Balaban J connectivity index is 2.21. The number of hydrogen-bond acceptors (Lipinski definition) is 4. The van der Waals surface area contributed by atoms with Crippen molar-refractivity contribution < 1.29 is 13.9 Å². The van der Waals surface area contributed by atoms with Gasteiger partial charge in [-0.1, -0.05) is 6.07 Å². The van der Waals surface area contributed by atoms with Crippen LogP contribution < -0.4 is 10.4 Å². The lowest BCUT2D eigenvalue weighted by molar-refractivity contribution is -0.152. The van der Waals surface area contributed by atoms with Crippen LogP contribution in [0.5, 0.6) is 5.75 Å². The Morgan fingerprint density at radius 2 is 2.21 bits per heavy atom. The van der Waals surface area contributed by atoms with Crippen LogP contribution in [0.1, 0.15) is 25.0 Å². The topological polar surface area (TPSA) is 48.7 Å². The summed E-state index contributed by atoms with van der Waals surface area (Å²) in [6, 6.07) is 5.74. The van der Waals surface area contributed by atoms with Crippen LogP contribution in [-0.4, -0.2) is 12.4 Å². The van der Waals surface area contributed by atoms with Gasteiger partial charge in [0, 0.05) is 20.0 Å². The number of fused-ring (bicyclic) bond motifs is 3. The first-order chi connectivity index (χ1) is 9.02. The molecule has 1 aromatic heterocycles. The average Bonchev–Trinajstić information content (AvgIpc) is 2.68. The van der Waals surface area contributed by atoms with Gasteiger partial charge in [-0.25, -0.2) is 4.79 Å². The largest absolute Gasteiger partial charge is 0.461 e. The van der Waals surface area contributed by atoms with Crippen molar-refractivity contribution in [3.8, 4) is 5.75 Å². The fourth-order valence-electron chi connectivity index (χ4n) is 2.55. The second-order valence-corrected chi connectivity index (χ2v) is 5.04. The van der Waals surface area contributed by atoms with Crippen molar-refractivity contribution in [3.05, 3.63) is 39.7 Å². The summed E-state index contributed by atoms with van der Waals surface area (Å²) in [6.07, 6.45) is 0.419. The molecule has 0 N–H and O–H groups in total. The summed E-state index contributed by atoms with van der Waals surface area (Å²) >= 11 is 0. The fourth-order valence-corrected chi connectivity index (χ4v) is 2.55. The molecule has 100 valence electrons. The minimum absolute atomic E-state index is 0.337. The molecule has 1 aliphatic heterocycles. The van der Waals surface area contributed by atoms with E-state index in [9.17, 15) is 4.79 Å². The van der Waals surface area contributed by atoms with Crippen LogP contribution in [0, 0.1) is 6.92 Å². The first-order valence-corrected chi connectivity index (χ1v) is 6.42. The third kappa shape index (κ3) is 1.92. The van der Waals surface area contributed by atoms with Crippen LogP contribution in [0.4, 0.5) is 0 Å². The molecule has 4 nitrogen and oxygen atoms in total. The summed E-state index contributed by atoms with van der Waals surface area (Å²) in [7, 11) is 0. The zero-order valence-electron chi connectivity index (χ0n) is 11.3. The van der Waals surface area contributed by atoms with Gasteiger partial charge in [-0.3, -0.25) is 0 Å². The first-order valence-electron chi connectivity index (χ1n) is 6.42. The molecule has 0 saturated carbocycles. The van der Waals surface area contributed by atoms with Gasteiger partial charge in [-0.05, 0) is 31.5 Å². The lowest BCUT2D eigenvalue weighted by atomic mass is 10.1. The monoisotopic (exact) mass is 260 g/mol. The molecule has 2 aromatic rings. The van der Waals surface area contributed by atoms with Gasteiger partial charge in [-0.2, -0.15) is 0 Å². The lowest BCUT2D eigenvalue weighted by Crippen LogP contribution is -2.34. The summed E-state index contributed by atoms with van der Waals surface area (Å²) in [5.41, 5.74) is 1.83. The number of rotatable bonds is 2. The predicted molar refractivity (Wildman–Crippen MR) is 71.6 cm³/mol. The molecule has 19 heavy (non-hydrogen) atoms. The van der Waals surface area contributed by atoms with Gasteiger partial charge in [-0.15, -0.1) is 0 Å². The van der Waals surface area contributed by atoms with Crippen LogP contribution >= 0.6 is 0 Å². The maximum Gasteiger partial charge on any atom is 0.343 e. The third-order valence-electron chi connectivity index (χ3n) is 3.37. The van der Waals surface area contributed by atoms with Crippen LogP contribution in [0.25, 0.3) is 11.0 Å². The Kier molecular flexibility index (Phi) is 2.64. The summed E-state index contributed by atoms with van der Waals surface area (Å²) < 4.78 is 16.8. The van der Waals surface area contributed by atoms with Crippen LogP contribution in [-0.2, 0) is 11.2 Å². The zero-order chi connectivity index (χ0) is 13.6. The number of hydrogen-bond donors (Lipinski definition) is 0. The maximum absolute atomic E-state index is 12.0. The normalized spacial score (nSPS) is 21.4. The van der Waals surface area contributed by atoms with E-state index in [2.05, 4.69) is 0 Å². The Morgan fingerprint density at radius 3 is 2.95 bits per heavy atom. The van der Waals surface area contributed by atoms with E-state index in [0.717, 1.165) is 10.9 Å². The van der Waals surface area contributed by atoms with Crippen molar-refractivity contribution in [2.75, 3.05) is 6.61 Å². The molecule has 3 rings (SSSR count). The van der Waals surface area contributed by atoms with E-state index in [1.165, 1.54) is 0 Å². The molecule has 0 saturated heterocycles. The Hall–Kier alpha value is -1.81. The van der Waals surface area contributed by atoms with Crippen molar-refractivity contribution in [3.63, 3.8) is 0 Å². The molecule has 0 fully saturated rings. The maximum atomic E-state index is 12.0. The van der Waals surface area contributed by atoms with Crippen LogP contribution in [0.2, 0.25) is 0 Å². The smallest absolute Gasteiger partial charge is 0.343 e. The van der Waals surface area contributed by atoms with Crippen molar-refractivity contribution in [1.82, 2.24) is 0 Å². The minimum atomic E-state index is -0.773. The standard InChI is InChI=1S/C15H16O4/c1-4-17-15(3)8-11-13(19-15)10-6-5-9(2)7-12(10)18-14(11)16/h5-7H,4,8H2,1-3H3. The van der Waals surface area contributed by atoms with Crippen molar-refractivity contribution >= 4 is 11.0 Å². The molecule has 1 atom stereocenters. The van der Waals surface area contributed by atoms with E-state index in [4.69, 9.17) is 13.9 Å². The van der Waals surface area contributed by atoms with E-state index in [0.29, 0.717) is 29.9 Å². The molecule has 1 aromatic carbocycles. The molecule has 4 heteroatoms. The molecular formula is C15H16O4. The van der Waals surface area contributed by atoms with Gasteiger partial charge in [0.2, 0.25) is 5.79 Å². The molecule has 1 unspecified atom stereocenters. The molecular weight excluding hydrogens is 244 g/mol. The van der Waals surface area contributed by atoms with Gasteiger partial charge in [0.25, 0.3) is 0 Å². The Bertz CT molecular complexity index is 701. The summed E-state index contributed by atoms with van der Waals surface area (Å²) in [5, 5.41) is 0.823. The predicted octanol–water partition coefficient (Wildman–Crippen LogP) is 2.79. The van der Waals surface area contributed by atoms with Crippen molar-refractivity contribution in [1.29, 1.82) is 0 Å². The lowest BCUT2D eigenvalue weighted by Gasteiger charge is -2.23. The summed E-state index contributed by atoms with van der Waals surface area (Å²) in [5.74, 6) is -0.174. The van der Waals surface area contributed by atoms with Crippen molar-refractivity contribution in [2.45, 2.75) is 33.0 Å². The Labute approximate surface area is 110 Å². The van der Waals surface area contributed by atoms with E-state index in [1.54, 1.807) is 0 Å². The highest BCUT2D eigenvalue weighted by molar-refractivity contribution is 5.85. The Morgan fingerprint density at radius 1 is 1.42 bits per heavy atom. The van der Waals surface area contributed by atoms with E-state index < -0.39 is 5.79 Å². The highest BCUT2D eigenvalue weighted by Crippen LogP contribution is 2.39. The summed E-state index contributed by atoms with van der Waals surface area (Å²) in [6.45, 7) is 6.24. The molecule has 1 aliphatic rings. The molecule has 2 heterocycles. The highest BCUT2D eigenvalue weighted by Gasteiger charge is 2.39. The first kappa shape index (κ1) is 12.2. The van der Waals surface area contributed by atoms with E-state index >= 15 is 0 Å². The fraction of sp³-hybridized carbons (Fsp3) is 0.400. The van der Waals surface area contributed by atoms with Gasteiger partial charge >= 0.3 is 5.63 Å². The molecule has 0 spiro atoms. The second-order valence-electron chi connectivity index (χ2n) is 5.04. The molecule has 0 amide bonds.